The maximum atomic E-state index is 12.3. The molecule has 2 rings (SSSR count). The smallest absolute Gasteiger partial charge is 0.218 e. The van der Waals surface area contributed by atoms with Crippen molar-refractivity contribution in [1.29, 1.82) is 0 Å². The summed E-state index contributed by atoms with van der Waals surface area (Å²) in [7, 11) is -3.24. The number of hydrogen-bond acceptors (Lipinski definition) is 3. The summed E-state index contributed by atoms with van der Waals surface area (Å²) in [6.07, 6.45) is 0.937. The van der Waals surface area contributed by atoms with Crippen LogP contribution in [0.1, 0.15) is 24.5 Å². The maximum Gasteiger partial charge on any atom is 0.218 e. The van der Waals surface area contributed by atoms with E-state index in [1.807, 2.05) is 0 Å². The number of nitrogens with two attached hydrogens (primary N) is 1. The van der Waals surface area contributed by atoms with E-state index in [2.05, 4.69) is 6.92 Å². The molecule has 104 valence electrons. The van der Waals surface area contributed by atoms with Gasteiger partial charge in [0.25, 0.3) is 0 Å². The van der Waals surface area contributed by atoms with E-state index in [9.17, 15) is 8.42 Å². The lowest BCUT2D eigenvalue weighted by Gasteiger charge is -2.16. The molecular formula is C13H18N2O2S2. The standard InChI is InChI=1S/C13H18N2O2S2/c1-10-5-6-15(8-10)19(16,17)9-11-3-2-4-12(7-11)13(14)18/h2-4,7,10H,5-6,8-9H2,1H3,(H2,14,18). The second-order valence-corrected chi connectivity index (χ2v) is 7.48. The molecule has 1 aromatic rings. The van der Waals surface area contributed by atoms with Crippen LogP contribution in [0.15, 0.2) is 24.3 Å². The third-order valence-corrected chi connectivity index (χ3v) is 5.39. The van der Waals surface area contributed by atoms with Crippen molar-refractivity contribution in [3.8, 4) is 0 Å². The quantitative estimate of drug-likeness (QED) is 0.856. The molecule has 1 atom stereocenters. The van der Waals surface area contributed by atoms with Crippen molar-refractivity contribution < 1.29 is 8.42 Å². The highest BCUT2D eigenvalue weighted by molar-refractivity contribution is 7.88. The molecule has 1 heterocycles. The predicted molar refractivity (Wildman–Crippen MR) is 80.3 cm³/mol. The van der Waals surface area contributed by atoms with Crippen LogP contribution in [-0.2, 0) is 15.8 Å². The number of thiocarbonyl (C=S) groups is 1. The van der Waals surface area contributed by atoms with Crippen LogP contribution in [0, 0.1) is 5.92 Å². The first kappa shape index (κ1) is 14.4. The van der Waals surface area contributed by atoms with Gasteiger partial charge in [-0.3, -0.25) is 0 Å². The van der Waals surface area contributed by atoms with Crippen LogP contribution in [0.5, 0.6) is 0 Å². The highest BCUT2D eigenvalue weighted by Crippen LogP contribution is 2.21. The largest absolute Gasteiger partial charge is 0.389 e. The number of rotatable bonds is 4. The van der Waals surface area contributed by atoms with Crippen molar-refractivity contribution in [3.05, 3.63) is 35.4 Å². The molecule has 4 nitrogen and oxygen atoms in total. The molecule has 19 heavy (non-hydrogen) atoms. The Hall–Kier alpha value is -0.980. The minimum atomic E-state index is -3.24. The Labute approximate surface area is 119 Å². The minimum Gasteiger partial charge on any atom is -0.389 e. The maximum absolute atomic E-state index is 12.3. The molecule has 0 bridgehead atoms. The minimum absolute atomic E-state index is 0.0101. The molecule has 0 spiro atoms. The zero-order valence-corrected chi connectivity index (χ0v) is 12.5. The molecule has 0 amide bonds. The van der Waals surface area contributed by atoms with Crippen LogP contribution >= 0.6 is 12.2 Å². The topological polar surface area (TPSA) is 63.4 Å². The summed E-state index contributed by atoms with van der Waals surface area (Å²) >= 11 is 4.90. The Bertz CT molecular complexity index is 584. The fourth-order valence-corrected chi connectivity index (χ4v) is 4.04. The normalized spacial score (nSPS) is 20.6. The molecule has 1 aliphatic heterocycles. The van der Waals surface area contributed by atoms with Gasteiger partial charge in [-0.1, -0.05) is 37.3 Å². The first-order valence-electron chi connectivity index (χ1n) is 6.25. The molecule has 1 unspecified atom stereocenters. The van der Waals surface area contributed by atoms with E-state index in [-0.39, 0.29) is 10.7 Å². The molecule has 0 aromatic heterocycles. The average molecular weight is 298 g/mol. The number of benzene rings is 1. The Kier molecular flexibility index (Phi) is 4.23. The molecule has 2 N–H and O–H groups in total. The van der Waals surface area contributed by atoms with E-state index in [0.29, 0.717) is 24.6 Å². The molecule has 0 saturated carbocycles. The summed E-state index contributed by atoms with van der Waals surface area (Å²) in [5.41, 5.74) is 6.99. The summed E-state index contributed by atoms with van der Waals surface area (Å²) in [4.78, 5) is 0.286. The van der Waals surface area contributed by atoms with Crippen LogP contribution in [0.2, 0.25) is 0 Å². The highest BCUT2D eigenvalue weighted by Gasteiger charge is 2.29. The Morgan fingerprint density at radius 3 is 2.84 bits per heavy atom. The van der Waals surface area contributed by atoms with E-state index in [0.717, 1.165) is 12.0 Å². The number of sulfonamides is 1. The van der Waals surface area contributed by atoms with Gasteiger partial charge in [0.2, 0.25) is 10.0 Å². The Morgan fingerprint density at radius 1 is 1.53 bits per heavy atom. The van der Waals surface area contributed by atoms with Crippen molar-refractivity contribution >= 4 is 27.2 Å². The molecular weight excluding hydrogens is 280 g/mol. The van der Waals surface area contributed by atoms with E-state index >= 15 is 0 Å². The van der Waals surface area contributed by atoms with Crippen LogP contribution in [0.4, 0.5) is 0 Å². The zero-order valence-electron chi connectivity index (χ0n) is 10.9. The van der Waals surface area contributed by atoms with Gasteiger partial charge in [-0.2, -0.15) is 0 Å². The lowest BCUT2D eigenvalue weighted by Crippen LogP contribution is -2.29. The van der Waals surface area contributed by atoms with Crippen LogP contribution in [0.25, 0.3) is 0 Å². The summed E-state index contributed by atoms with van der Waals surface area (Å²) in [6, 6.07) is 7.11. The third-order valence-electron chi connectivity index (χ3n) is 3.34. The lowest BCUT2D eigenvalue weighted by atomic mass is 10.1. The number of nitrogens with zero attached hydrogens (tertiary/aromatic N) is 1. The highest BCUT2D eigenvalue weighted by atomic mass is 32.2. The molecule has 1 aliphatic rings. The average Bonchev–Trinajstić information content (AvgIpc) is 2.76. The summed E-state index contributed by atoms with van der Waals surface area (Å²) in [6.45, 7) is 3.32. The van der Waals surface area contributed by atoms with Crippen molar-refractivity contribution in [3.63, 3.8) is 0 Å². The monoisotopic (exact) mass is 298 g/mol. The van der Waals surface area contributed by atoms with E-state index in [1.165, 1.54) is 0 Å². The SMILES string of the molecule is CC1CCN(S(=O)(=O)Cc2cccc(C(N)=S)c2)C1. The van der Waals surface area contributed by atoms with Crippen molar-refractivity contribution in [1.82, 2.24) is 4.31 Å². The molecule has 1 aromatic carbocycles. The summed E-state index contributed by atoms with van der Waals surface area (Å²) in [5.74, 6) is 0.452. The second-order valence-electron chi connectivity index (χ2n) is 5.07. The lowest BCUT2D eigenvalue weighted by molar-refractivity contribution is 0.463. The van der Waals surface area contributed by atoms with Gasteiger partial charge in [-0.05, 0) is 24.0 Å². The second kappa shape index (κ2) is 5.56. The first-order valence-corrected chi connectivity index (χ1v) is 8.27. The summed E-state index contributed by atoms with van der Waals surface area (Å²) in [5, 5.41) is 0. The Morgan fingerprint density at radius 2 is 2.26 bits per heavy atom. The first-order chi connectivity index (χ1) is 8.88. The zero-order chi connectivity index (χ0) is 14.0. The van der Waals surface area contributed by atoms with Gasteiger partial charge in [-0.25, -0.2) is 12.7 Å². The van der Waals surface area contributed by atoms with E-state index in [1.54, 1.807) is 28.6 Å². The van der Waals surface area contributed by atoms with Crippen molar-refractivity contribution in [2.75, 3.05) is 13.1 Å². The van der Waals surface area contributed by atoms with Crippen LogP contribution < -0.4 is 5.73 Å². The van der Waals surface area contributed by atoms with E-state index in [4.69, 9.17) is 18.0 Å². The third kappa shape index (κ3) is 3.52. The number of hydrogen-bond donors (Lipinski definition) is 1. The van der Waals surface area contributed by atoms with E-state index < -0.39 is 10.0 Å². The van der Waals surface area contributed by atoms with Gasteiger partial charge in [0.15, 0.2) is 0 Å². The van der Waals surface area contributed by atoms with Gasteiger partial charge in [0.05, 0.1) is 5.75 Å². The van der Waals surface area contributed by atoms with Crippen LogP contribution in [0.3, 0.4) is 0 Å². The Balaban J connectivity index is 2.16. The van der Waals surface area contributed by atoms with Gasteiger partial charge in [0.1, 0.15) is 4.99 Å². The van der Waals surface area contributed by atoms with Crippen molar-refractivity contribution in [2.24, 2.45) is 11.7 Å². The fraction of sp³-hybridized carbons (Fsp3) is 0.462. The summed E-state index contributed by atoms with van der Waals surface area (Å²) < 4.78 is 26.2. The molecule has 0 radical (unpaired) electrons. The van der Waals surface area contributed by atoms with Gasteiger partial charge < -0.3 is 5.73 Å². The fourth-order valence-electron chi connectivity index (χ4n) is 2.26. The van der Waals surface area contributed by atoms with Gasteiger partial charge in [0, 0.05) is 18.7 Å². The van der Waals surface area contributed by atoms with Gasteiger partial charge in [-0.15, -0.1) is 0 Å². The van der Waals surface area contributed by atoms with Gasteiger partial charge >= 0.3 is 0 Å². The predicted octanol–water partition coefficient (Wildman–Crippen LogP) is 1.49. The molecule has 0 aliphatic carbocycles. The van der Waals surface area contributed by atoms with Crippen molar-refractivity contribution in [2.45, 2.75) is 19.1 Å². The molecule has 1 saturated heterocycles. The molecule has 6 heteroatoms. The molecule has 1 fully saturated rings. The van der Waals surface area contributed by atoms with Crippen LogP contribution in [-0.4, -0.2) is 30.8 Å².